The van der Waals surface area contributed by atoms with Crippen LogP contribution < -0.4 is 10.6 Å². The molecule has 1 aliphatic rings. The number of aliphatic imine (C=N–C) groups is 1. The van der Waals surface area contributed by atoms with E-state index in [-0.39, 0.29) is 24.0 Å². The molecule has 1 fully saturated rings. The number of nitrogens with one attached hydrogen (secondary N) is 2. The number of guanidine groups is 1. The molecule has 126 valence electrons. The summed E-state index contributed by atoms with van der Waals surface area (Å²) in [6.07, 6.45) is 7.30. The number of aryl methyl sites for hydroxylation is 1. The lowest BCUT2D eigenvalue weighted by molar-refractivity contribution is 0.104. The van der Waals surface area contributed by atoms with Gasteiger partial charge >= 0.3 is 0 Å². The fourth-order valence-electron chi connectivity index (χ4n) is 3.13. The van der Waals surface area contributed by atoms with Crippen LogP contribution in [0.1, 0.15) is 49.4 Å². The molecule has 2 rings (SSSR count). The molecule has 0 radical (unpaired) electrons. The van der Waals surface area contributed by atoms with E-state index in [1.54, 1.807) is 11.3 Å². The summed E-state index contributed by atoms with van der Waals surface area (Å²) in [5.74, 6) is 1.65. The zero-order valence-corrected chi connectivity index (χ0v) is 17.3. The molecule has 1 aromatic heterocycles. The van der Waals surface area contributed by atoms with Gasteiger partial charge in [-0.15, -0.1) is 35.3 Å². The SMILES string of the molecule is CN=C(NCc1ncc(C)s1)NCC1(CC(C)C)CCC1.I. The number of hydrogen-bond donors (Lipinski definition) is 2. The van der Waals surface area contributed by atoms with Crippen molar-refractivity contribution in [2.75, 3.05) is 13.6 Å². The van der Waals surface area contributed by atoms with Crippen molar-refractivity contribution in [3.63, 3.8) is 0 Å². The minimum atomic E-state index is 0. The van der Waals surface area contributed by atoms with Crippen LogP contribution in [0.5, 0.6) is 0 Å². The van der Waals surface area contributed by atoms with Gasteiger partial charge in [-0.1, -0.05) is 20.3 Å². The molecule has 0 spiro atoms. The summed E-state index contributed by atoms with van der Waals surface area (Å²) < 4.78 is 0. The van der Waals surface area contributed by atoms with Gasteiger partial charge in [0.25, 0.3) is 0 Å². The van der Waals surface area contributed by atoms with Crippen molar-refractivity contribution in [3.05, 3.63) is 16.1 Å². The van der Waals surface area contributed by atoms with Gasteiger partial charge in [0.05, 0.1) is 6.54 Å². The molecular weight excluding hydrogens is 407 g/mol. The Morgan fingerprint density at radius 3 is 2.59 bits per heavy atom. The van der Waals surface area contributed by atoms with Crippen LogP contribution in [-0.2, 0) is 6.54 Å². The second-order valence-electron chi connectivity index (χ2n) is 6.60. The fraction of sp³-hybridized carbons (Fsp3) is 0.750. The topological polar surface area (TPSA) is 49.3 Å². The molecule has 0 unspecified atom stereocenters. The van der Waals surface area contributed by atoms with Gasteiger partial charge in [0.1, 0.15) is 5.01 Å². The fourth-order valence-corrected chi connectivity index (χ4v) is 3.86. The predicted octanol–water partition coefficient (Wildman–Crippen LogP) is 3.95. The van der Waals surface area contributed by atoms with Crippen molar-refractivity contribution in [1.82, 2.24) is 15.6 Å². The Morgan fingerprint density at radius 1 is 1.41 bits per heavy atom. The summed E-state index contributed by atoms with van der Waals surface area (Å²) in [6, 6.07) is 0. The summed E-state index contributed by atoms with van der Waals surface area (Å²) in [6.45, 7) is 8.49. The third kappa shape index (κ3) is 5.68. The van der Waals surface area contributed by atoms with Crippen molar-refractivity contribution in [2.45, 2.75) is 53.0 Å². The molecule has 0 aromatic carbocycles. The van der Waals surface area contributed by atoms with E-state index in [9.17, 15) is 0 Å². The van der Waals surface area contributed by atoms with Crippen molar-refractivity contribution in [3.8, 4) is 0 Å². The second-order valence-corrected chi connectivity index (χ2v) is 7.91. The normalized spacial score (nSPS) is 16.9. The molecule has 1 aliphatic carbocycles. The van der Waals surface area contributed by atoms with E-state index < -0.39 is 0 Å². The number of hydrogen-bond acceptors (Lipinski definition) is 3. The average Bonchev–Trinajstić information content (AvgIpc) is 2.81. The number of thiazole rings is 1. The summed E-state index contributed by atoms with van der Waals surface area (Å²) in [4.78, 5) is 9.94. The van der Waals surface area contributed by atoms with Crippen LogP contribution in [0.25, 0.3) is 0 Å². The molecule has 1 heterocycles. The summed E-state index contributed by atoms with van der Waals surface area (Å²) >= 11 is 1.73. The van der Waals surface area contributed by atoms with Crippen LogP contribution in [0.2, 0.25) is 0 Å². The summed E-state index contributed by atoms with van der Waals surface area (Å²) in [5, 5.41) is 7.98. The first-order chi connectivity index (χ1) is 10.0. The number of aromatic nitrogens is 1. The molecule has 22 heavy (non-hydrogen) atoms. The van der Waals surface area contributed by atoms with Crippen molar-refractivity contribution >= 4 is 41.3 Å². The van der Waals surface area contributed by atoms with Gasteiger partial charge in [-0.2, -0.15) is 0 Å². The minimum Gasteiger partial charge on any atom is -0.356 e. The van der Waals surface area contributed by atoms with Gasteiger partial charge < -0.3 is 10.6 Å². The van der Waals surface area contributed by atoms with E-state index in [0.717, 1.165) is 30.0 Å². The van der Waals surface area contributed by atoms with Crippen LogP contribution in [-0.4, -0.2) is 24.5 Å². The van der Waals surface area contributed by atoms with E-state index in [1.807, 2.05) is 13.2 Å². The number of nitrogens with zero attached hydrogens (tertiary/aromatic N) is 2. The molecule has 0 saturated heterocycles. The molecule has 2 N–H and O–H groups in total. The van der Waals surface area contributed by atoms with Gasteiger partial charge in [-0.25, -0.2) is 4.98 Å². The Bertz CT molecular complexity index is 480. The maximum absolute atomic E-state index is 4.37. The lowest BCUT2D eigenvalue weighted by Gasteiger charge is -2.43. The zero-order chi connectivity index (χ0) is 15.3. The van der Waals surface area contributed by atoms with Crippen LogP contribution in [0.4, 0.5) is 0 Å². The lowest BCUT2D eigenvalue weighted by Crippen LogP contribution is -2.46. The first-order valence-corrected chi connectivity index (χ1v) is 8.70. The van der Waals surface area contributed by atoms with Crippen molar-refractivity contribution in [1.29, 1.82) is 0 Å². The molecule has 0 aliphatic heterocycles. The van der Waals surface area contributed by atoms with Gasteiger partial charge in [0, 0.05) is 24.7 Å². The smallest absolute Gasteiger partial charge is 0.191 e. The van der Waals surface area contributed by atoms with Crippen LogP contribution in [0, 0.1) is 18.3 Å². The van der Waals surface area contributed by atoms with Crippen LogP contribution >= 0.6 is 35.3 Å². The highest BCUT2D eigenvalue weighted by atomic mass is 127. The average molecular weight is 436 g/mol. The molecule has 0 bridgehead atoms. The predicted molar refractivity (Wildman–Crippen MR) is 106 cm³/mol. The number of halogens is 1. The van der Waals surface area contributed by atoms with Gasteiger partial charge in [-0.05, 0) is 37.5 Å². The maximum Gasteiger partial charge on any atom is 0.191 e. The van der Waals surface area contributed by atoms with Gasteiger partial charge in [-0.3, -0.25) is 4.99 Å². The Labute approximate surface area is 155 Å². The lowest BCUT2D eigenvalue weighted by atomic mass is 9.64. The first kappa shape index (κ1) is 19.7. The zero-order valence-electron chi connectivity index (χ0n) is 14.1. The van der Waals surface area contributed by atoms with E-state index in [0.29, 0.717) is 5.41 Å². The molecule has 6 heteroatoms. The third-order valence-electron chi connectivity index (χ3n) is 4.19. The first-order valence-electron chi connectivity index (χ1n) is 7.89. The molecule has 1 saturated carbocycles. The van der Waals surface area contributed by atoms with E-state index >= 15 is 0 Å². The molecule has 0 amide bonds. The van der Waals surface area contributed by atoms with Gasteiger partial charge in [0.15, 0.2) is 5.96 Å². The number of rotatable bonds is 6. The largest absolute Gasteiger partial charge is 0.356 e. The Balaban J connectivity index is 0.00000242. The molecule has 0 atom stereocenters. The molecule has 4 nitrogen and oxygen atoms in total. The monoisotopic (exact) mass is 436 g/mol. The summed E-state index contributed by atoms with van der Waals surface area (Å²) in [7, 11) is 1.83. The van der Waals surface area contributed by atoms with E-state index in [1.165, 1.54) is 30.6 Å². The van der Waals surface area contributed by atoms with Crippen molar-refractivity contribution < 1.29 is 0 Å². The Morgan fingerprint density at radius 2 is 2.14 bits per heavy atom. The van der Waals surface area contributed by atoms with Crippen LogP contribution in [0.15, 0.2) is 11.2 Å². The second kappa shape index (κ2) is 9.05. The quantitative estimate of drug-likeness (QED) is 0.403. The Kier molecular flexibility index (Phi) is 8.10. The molecule has 1 aromatic rings. The van der Waals surface area contributed by atoms with Crippen LogP contribution in [0.3, 0.4) is 0 Å². The highest BCUT2D eigenvalue weighted by molar-refractivity contribution is 14.0. The highest BCUT2D eigenvalue weighted by Crippen LogP contribution is 2.45. The van der Waals surface area contributed by atoms with Crippen molar-refractivity contribution in [2.24, 2.45) is 16.3 Å². The Hall–Kier alpha value is -0.370. The standard InChI is InChI=1S/C16H28N4S.HI/c1-12(2)8-16(6-5-7-16)11-20-15(17-4)19-10-14-18-9-13(3)21-14;/h9,12H,5-8,10-11H2,1-4H3,(H2,17,19,20);1H. The summed E-state index contributed by atoms with van der Waals surface area (Å²) in [5.41, 5.74) is 0.490. The highest BCUT2D eigenvalue weighted by Gasteiger charge is 2.37. The van der Waals surface area contributed by atoms with Gasteiger partial charge in [0.2, 0.25) is 0 Å². The van der Waals surface area contributed by atoms with E-state index in [2.05, 4.69) is 41.4 Å². The minimum absolute atomic E-state index is 0. The third-order valence-corrected chi connectivity index (χ3v) is 5.10. The van der Waals surface area contributed by atoms with E-state index in [4.69, 9.17) is 0 Å². The molecular formula is C16H29IN4S. The maximum atomic E-state index is 4.37.